The van der Waals surface area contributed by atoms with E-state index in [2.05, 4.69) is 22.1 Å². The van der Waals surface area contributed by atoms with Gasteiger partial charge in [0.05, 0.1) is 23.3 Å². The van der Waals surface area contributed by atoms with Gasteiger partial charge in [0.25, 0.3) is 0 Å². The number of benzene rings is 2. The molecule has 2 heterocycles. The third-order valence-electron chi connectivity index (χ3n) is 7.06. The van der Waals surface area contributed by atoms with Crippen LogP contribution >= 0.6 is 0 Å². The molecule has 46 heavy (non-hydrogen) atoms. The number of hydrogen-bond donors (Lipinski definition) is 0. The average Bonchev–Trinajstić information content (AvgIpc) is 2.91. The summed E-state index contributed by atoms with van der Waals surface area (Å²) < 4.78 is 139. The van der Waals surface area contributed by atoms with Crippen LogP contribution in [0.1, 0.15) is 36.4 Å². The first-order valence-electron chi connectivity index (χ1n) is 13.0. The van der Waals surface area contributed by atoms with Gasteiger partial charge in [0.1, 0.15) is 0 Å². The largest absolute Gasteiger partial charge is 2.00 e. The summed E-state index contributed by atoms with van der Waals surface area (Å²) in [6.45, 7) is 3.14. The molecule has 0 amide bonds. The van der Waals surface area contributed by atoms with Crippen molar-refractivity contribution in [2.45, 2.75) is 31.6 Å². The standard InChI is InChI=1S/C31H24F10N4.Pt/c1-29(2,23-13-15(44(3)4)11-21(42-23)17-7-9-19(32)25(27(17)34)30(36,37)38)24-14-16(45(5)6)12-22(43-24)18-8-10-20(33)26(28(18)35)31(39,40)41;/h9-14H,1-6H3;/q-2;+2. The van der Waals surface area contributed by atoms with Crippen LogP contribution in [0.2, 0.25) is 0 Å². The van der Waals surface area contributed by atoms with E-state index in [1.54, 1.807) is 51.8 Å². The van der Waals surface area contributed by atoms with Gasteiger partial charge in [0.2, 0.25) is 0 Å². The molecule has 0 N–H and O–H groups in total. The molecule has 0 saturated carbocycles. The summed E-state index contributed by atoms with van der Waals surface area (Å²) in [4.78, 5) is 11.9. The summed E-state index contributed by atoms with van der Waals surface area (Å²) in [6.07, 6.45) is -10.7. The van der Waals surface area contributed by atoms with Gasteiger partial charge in [-0.25, -0.2) is 0 Å². The van der Waals surface area contributed by atoms with E-state index >= 15 is 8.78 Å². The minimum absolute atomic E-state index is 0. The molecule has 0 aliphatic carbocycles. The average molecular weight is 838 g/mol. The van der Waals surface area contributed by atoms with E-state index in [1.165, 1.54) is 24.3 Å². The minimum atomic E-state index is -5.36. The van der Waals surface area contributed by atoms with Crippen molar-refractivity contribution in [3.8, 4) is 22.5 Å². The second-order valence-corrected chi connectivity index (χ2v) is 11.0. The van der Waals surface area contributed by atoms with Gasteiger partial charge in [-0.2, -0.15) is 26.3 Å². The summed E-state index contributed by atoms with van der Waals surface area (Å²) in [5, 5.41) is 0. The first-order valence-corrected chi connectivity index (χ1v) is 13.0. The van der Waals surface area contributed by atoms with E-state index in [9.17, 15) is 35.1 Å². The normalized spacial score (nSPS) is 12.2. The third kappa shape index (κ3) is 7.01. The second-order valence-electron chi connectivity index (χ2n) is 11.0. The molecule has 15 heteroatoms. The first kappa shape index (κ1) is 36.8. The summed E-state index contributed by atoms with van der Waals surface area (Å²) in [5.41, 5.74) is -6.86. The smallest absolute Gasteiger partial charge is 0.378 e. The predicted octanol–water partition coefficient (Wildman–Crippen LogP) is 8.46. The van der Waals surface area contributed by atoms with E-state index in [4.69, 9.17) is 0 Å². The van der Waals surface area contributed by atoms with Crippen LogP contribution in [0.4, 0.5) is 55.3 Å². The van der Waals surface area contributed by atoms with Crippen LogP contribution in [0.25, 0.3) is 22.5 Å². The van der Waals surface area contributed by atoms with Crippen molar-refractivity contribution in [2.24, 2.45) is 0 Å². The van der Waals surface area contributed by atoms with Crippen LogP contribution in [0.15, 0.2) is 36.4 Å². The van der Waals surface area contributed by atoms with Gasteiger partial charge < -0.3 is 19.8 Å². The number of nitrogens with zero attached hydrogens (tertiary/aromatic N) is 4. The first-order chi connectivity index (χ1) is 20.6. The number of halogens is 10. The fourth-order valence-corrected chi connectivity index (χ4v) is 4.47. The van der Waals surface area contributed by atoms with Gasteiger partial charge in [0.15, 0.2) is 0 Å². The number of rotatable bonds is 6. The van der Waals surface area contributed by atoms with E-state index in [1.807, 2.05) is 0 Å². The van der Waals surface area contributed by atoms with Crippen molar-refractivity contribution in [2.75, 3.05) is 38.0 Å². The predicted molar refractivity (Wildman–Crippen MR) is 148 cm³/mol. The number of pyridine rings is 2. The van der Waals surface area contributed by atoms with E-state index in [0.717, 1.165) is 0 Å². The van der Waals surface area contributed by atoms with Crippen LogP contribution in [-0.4, -0.2) is 38.2 Å². The number of hydrogen-bond acceptors (Lipinski definition) is 4. The molecule has 0 unspecified atom stereocenters. The Hall–Kier alpha value is -3.67. The van der Waals surface area contributed by atoms with E-state index < -0.39 is 63.3 Å². The van der Waals surface area contributed by atoms with Crippen molar-refractivity contribution >= 4 is 11.4 Å². The molecule has 4 rings (SSSR count). The van der Waals surface area contributed by atoms with Crippen LogP contribution in [0.3, 0.4) is 0 Å². The van der Waals surface area contributed by atoms with Crippen molar-refractivity contribution < 1.29 is 65.0 Å². The molecule has 0 bridgehead atoms. The fraction of sp³-hybridized carbons (Fsp3) is 0.290. The number of alkyl halides is 6. The van der Waals surface area contributed by atoms with Crippen molar-refractivity contribution in [3.63, 3.8) is 0 Å². The third-order valence-corrected chi connectivity index (χ3v) is 7.06. The molecule has 0 aliphatic rings. The molecular formula is C31H24F10N4Pt. The molecule has 0 atom stereocenters. The molecule has 4 nitrogen and oxygen atoms in total. The molecule has 0 fully saturated rings. The molecule has 0 radical (unpaired) electrons. The Bertz CT molecular complexity index is 1640. The molecule has 0 saturated heterocycles. The van der Waals surface area contributed by atoms with Crippen LogP contribution < -0.4 is 9.80 Å². The van der Waals surface area contributed by atoms with Crippen molar-refractivity contribution in [1.29, 1.82) is 0 Å². The van der Waals surface area contributed by atoms with Crippen LogP contribution in [0, 0.1) is 35.4 Å². The molecule has 2 aromatic carbocycles. The van der Waals surface area contributed by atoms with Crippen molar-refractivity contribution in [1.82, 2.24) is 9.97 Å². The fourth-order valence-electron chi connectivity index (χ4n) is 4.47. The maximum Gasteiger partial charge on any atom is 2.00 e. The Kier molecular flexibility index (Phi) is 10.3. The SMILES string of the molecule is CN(C)c1cc(-c2[c-]cc(F)c(C(F)(F)F)c2F)nc(C(C)(C)c2cc(N(C)C)cc(-c3[c-]cc(F)c(C(F)(F)F)c3F)n2)c1.[Pt+2]. The molecule has 2 aromatic heterocycles. The summed E-state index contributed by atoms with van der Waals surface area (Å²) >= 11 is 0. The van der Waals surface area contributed by atoms with E-state index in [0.29, 0.717) is 23.5 Å². The maximum absolute atomic E-state index is 15.2. The summed E-state index contributed by atoms with van der Waals surface area (Å²) in [7, 11) is 6.37. The summed E-state index contributed by atoms with van der Waals surface area (Å²) in [6, 6.07) is 10.6. The van der Waals surface area contributed by atoms with Gasteiger partial charge in [-0.1, -0.05) is 23.3 Å². The Labute approximate surface area is 272 Å². The van der Waals surface area contributed by atoms with Gasteiger partial charge in [0, 0.05) is 67.5 Å². The Morgan fingerprint density at radius 1 is 0.587 bits per heavy atom. The Morgan fingerprint density at radius 2 is 0.913 bits per heavy atom. The quantitative estimate of drug-likeness (QED) is 0.144. The second kappa shape index (κ2) is 12.8. The monoisotopic (exact) mass is 837 g/mol. The molecule has 0 spiro atoms. The van der Waals surface area contributed by atoms with Crippen LogP contribution in [0.5, 0.6) is 0 Å². The number of aromatic nitrogens is 2. The zero-order valence-corrected chi connectivity index (χ0v) is 27.1. The Morgan fingerprint density at radius 3 is 1.20 bits per heavy atom. The Balaban J connectivity index is 0.00000576. The van der Waals surface area contributed by atoms with E-state index in [-0.39, 0.29) is 43.8 Å². The van der Waals surface area contributed by atoms with Crippen molar-refractivity contribution in [3.05, 3.63) is 94.3 Å². The number of anilines is 2. The molecule has 0 aliphatic heterocycles. The summed E-state index contributed by atoms with van der Waals surface area (Å²) in [5.74, 6) is -7.56. The maximum atomic E-state index is 15.2. The van der Waals surface area contributed by atoms with Gasteiger partial charge in [-0.15, -0.1) is 24.3 Å². The molecule has 248 valence electrons. The molecule has 4 aromatic rings. The zero-order valence-electron chi connectivity index (χ0n) is 24.8. The van der Waals surface area contributed by atoms with Gasteiger partial charge >= 0.3 is 33.4 Å². The van der Waals surface area contributed by atoms with Crippen LogP contribution in [-0.2, 0) is 38.8 Å². The molecular weight excluding hydrogens is 813 g/mol. The minimum Gasteiger partial charge on any atom is -0.378 e. The zero-order chi connectivity index (χ0) is 33.8. The van der Waals surface area contributed by atoms with Gasteiger partial charge in [-0.3, -0.25) is 17.6 Å². The topological polar surface area (TPSA) is 32.3 Å². The van der Waals surface area contributed by atoms with Gasteiger partial charge in [-0.05, 0) is 37.4 Å².